The van der Waals surface area contributed by atoms with Crippen LogP contribution in [0.1, 0.15) is 89.1 Å². The summed E-state index contributed by atoms with van der Waals surface area (Å²) in [6, 6.07) is 13.3. The summed E-state index contributed by atoms with van der Waals surface area (Å²) in [6.07, 6.45) is 5.42. The van der Waals surface area contributed by atoms with Gasteiger partial charge in [0, 0.05) is 5.41 Å². The number of hydrogen-bond donors (Lipinski definition) is 1. The Morgan fingerprint density at radius 2 is 1.64 bits per heavy atom. The van der Waals surface area contributed by atoms with E-state index in [2.05, 4.69) is 64.1 Å². The highest BCUT2D eigenvalue weighted by Gasteiger charge is 2.34. The molecule has 0 bridgehead atoms. The van der Waals surface area contributed by atoms with Crippen LogP contribution in [0.3, 0.4) is 0 Å². The van der Waals surface area contributed by atoms with Crippen molar-refractivity contribution in [1.29, 1.82) is 0 Å². The van der Waals surface area contributed by atoms with Crippen LogP contribution in [0.15, 0.2) is 42.5 Å². The van der Waals surface area contributed by atoms with Gasteiger partial charge >= 0.3 is 0 Å². The van der Waals surface area contributed by atoms with Crippen LogP contribution in [0.2, 0.25) is 0 Å². The minimum Gasteiger partial charge on any atom is -0.491 e. The maximum atomic E-state index is 10.4. The summed E-state index contributed by atoms with van der Waals surface area (Å²) in [5.41, 5.74) is 5.87. The Kier molecular flexibility index (Phi) is 8.75. The Morgan fingerprint density at radius 3 is 2.14 bits per heavy atom. The van der Waals surface area contributed by atoms with E-state index in [0.29, 0.717) is 13.2 Å². The first-order valence-corrected chi connectivity index (χ1v) is 13.3. The monoisotopic (exact) mass is 494 g/mol. The Bertz CT molecular complexity index is 1060. The lowest BCUT2D eigenvalue weighted by molar-refractivity contribution is -0.141. The van der Waals surface area contributed by atoms with Gasteiger partial charge in [0.05, 0.1) is 12.7 Å². The average Bonchev–Trinajstić information content (AvgIpc) is 3.16. The Morgan fingerprint density at radius 1 is 1.03 bits per heavy atom. The third-order valence-corrected chi connectivity index (χ3v) is 7.59. The van der Waals surface area contributed by atoms with E-state index in [9.17, 15) is 5.11 Å². The number of benzene rings is 2. The molecule has 1 aliphatic heterocycles. The molecule has 2 aromatic carbocycles. The Balaban J connectivity index is 1.83. The number of hydrogen-bond acceptors (Lipinski definition) is 4. The zero-order valence-electron chi connectivity index (χ0n) is 23.8. The summed E-state index contributed by atoms with van der Waals surface area (Å²) < 4.78 is 17.7. The Hall–Kier alpha value is -2.14. The lowest BCUT2D eigenvalue weighted by atomic mass is 9.70. The molecule has 0 aliphatic carbocycles. The first kappa shape index (κ1) is 28.4. The number of aryl methyl sites for hydroxylation is 2. The normalized spacial score (nSPS) is 19.1. The van der Waals surface area contributed by atoms with Gasteiger partial charge in [0.1, 0.15) is 18.5 Å². The van der Waals surface area contributed by atoms with Gasteiger partial charge in [0.25, 0.3) is 0 Å². The van der Waals surface area contributed by atoms with Gasteiger partial charge in [0.2, 0.25) is 0 Å². The zero-order chi connectivity index (χ0) is 26.7. The third-order valence-electron chi connectivity index (χ3n) is 7.59. The maximum Gasteiger partial charge on any atom is 0.163 e. The molecule has 1 heterocycles. The molecule has 2 aromatic rings. The van der Waals surface area contributed by atoms with Crippen LogP contribution in [0, 0.1) is 19.3 Å². The van der Waals surface area contributed by atoms with Crippen LogP contribution in [0.4, 0.5) is 0 Å². The van der Waals surface area contributed by atoms with Crippen LogP contribution < -0.4 is 4.74 Å². The fourth-order valence-electron chi connectivity index (χ4n) is 5.01. The van der Waals surface area contributed by atoms with Crippen molar-refractivity contribution in [3.63, 3.8) is 0 Å². The summed E-state index contributed by atoms with van der Waals surface area (Å²) in [5, 5.41) is 10.4. The van der Waals surface area contributed by atoms with Gasteiger partial charge in [-0.15, -0.1) is 0 Å². The molecular weight excluding hydrogens is 448 g/mol. The van der Waals surface area contributed by atoms with Crippen LogP contribution in [0.25, 0.3) is 6.08 Å². The minimum absolute atomic E-state index is 0.0514. The predicted octanol–water partition coefficient (Wildman–Crippen LogP) is 7.36. The van der Waals surface area contributed by atoms with Gasteiger partial charge in [-0.2, -0.15) is 0 Å². The van der Waals surface area contributed by atoms with E-state index in [1.165, 1.54) is 16.7 Å². The second-order valence-corrected chi connectivity index (χ2v) is 11.8. The minimum atomic E-state index is -0.537. The van der Waals surface area contributed by atoms with Crippen molar-refractivity contribution >= 4 is 6.08 Å². The molecule has 198 valence electrons. The Labute approximate surface area is 218 Å². The molecule has 3 rings (SSSR count). The molecular formula is C32H46O4. The molecule has 4 heteroatoms. The van der Waals surface area contributed by atoms with Crippen molar-refractivity contribution in [1.82, 2.24) is 0 Å². The predicted molar refractivity (Wildman–Crippen MR) is 149 cm³/mol. The largest absolute Gasteiger partial charge is 0.491 e. The van der Waals surface area contributed by atoms with Gasteiger partial charge in [-0.1, -0.05) is 77.1 Å². The molecule has 4 nitrogen and oxygen atoms in total. The number of aliphatic hydroxyl groups excluding tert-OH is 1. The lowest BCUT2D eigenvalue weighted by Gasteiger charge is -2.34. The fourth-order valence-corrected chi connectivity index (χ4v) is 5.01. The standard InChI is InChI=1S/C32H46O4/c1-10-32(11-2,25-14-12-24(22(3)18-25)13-17-29(33)30(5,6)7)26-15-16-28(23(4)19-26)34-20-27-21-35-31(8,9)36-27/h12-19,27,29,33H,10-11,20-21H2,1-9H3/b17-13+/t27-,29?/m1/s1. The van der Waals surface area contributed by atoms with Crippen molar-refractivity contribution in [2.75, 3.05) is 13.2 Å². The van der Waals surface area contributed by atoms with E-state index >= 15 is 0 Å². The van der Waals surface area contributed by atoms with E-state index in [0.717, 1.165) is 29.7 Å². The lowest BCUT2D eigenvalue weighted by Crippen LogP contribution is -2.27. The van der Waals surface area contributed by atoms with E-state index in [1.54, 1.807) is 0 Å². The molecule has 0 aromatic heterocycles. The number of aliphatic hydroxyl groups is 1. The van der Waals surface area contributed by atoms with E-state index in [-0.39, 0.29) is 16.9 Å². The SMILES string of the molecule is CCC(CC)(c1ccc(/C=C/C(O)C(C)(C)C)c(C)c1)c1ccc(OC[C@@H]2COC(C)(C)O2)c(C)c1. The molecule has 0 amide bonds. The number of ether oxygens (including phenoxy) is 3. The van der Waals surface area contributed by atoms with Gasteiger partial charge < -0.3 is 19.3 Å². The molecule has 36 heavy (non-hydrogen) atoms. The molecule has 0 spiro atoms. The zero-order valence-corrected chi connectivity index (χ0v) is 23.8. The second-order valence-electron chi connectivity index (χ2n) is 11.8. The van der Waals surface area contributed by atoms with E-state index in [1.807, 2.05) is 46.8 Å². The van der Waals surface area contributed by atoms with Gasteiger partial charge in [-0.05, 0) is 79.8 Å². The first-order chi connectivity index (χ1) is 16.8. The van der Waals surface area contributed by atoms with Crippen molar-refractivity contribution in [2.45, 2.75) is 98.6 Å². The highest BCUT2D eigenvalue weighted by molar-refractivity contribution is 5.57. The first-order valence-electron chi connectivity index (χ1n) is 13.3. The number of rotatable bonds is 9. The molecule has 1 saturated heterocycles. The topological polar surface area (TPSA) is 47.9 Å². The van der Waals surface area contributed by atoms with Crippen LogP contribution in [0.5, 0.6) is 5.75 Å². The molecule has 0 radical (unpaired) electrons. The van der Waals surface area contributed by atoms with Crippen LogP contribution >= 0.6 is 0 Å². The van der Waals surface area contributed by atoms with E-state index < -0.39 is 11.9 Å². The summed E-state index contributed by atoms with van der Waals surface area (Å²) in [6.45, 7) is 19.8. The maximum absolute atomic E-state index is 10.4. The summed E-state index contributed by atoms with van der Waals surface area (Å²) in [4.78, 5) is 0. The molecule has 1 fully saturated rings. The second kappa shape index (κ2) is 11.1. The summed E-state index contributed by atoms with van der Waals surface area (Å²) >= 11 is 0. The molecule has 1 aliphatic rings. The van der Waals surface area contributed by atoms with Crippen molar-refractivity contribution in [2.24, 2.45) is 5.41 Å². The average molecular weight is 495 g/mol. The van der Waals surface area contributed by atoms with Crippen molar-refractivity contribution < 1.29 is 19.3 Å². The molecule has 1 unspecified atom stereocenters. The molecule has 0 saturated carbocycles. The highest BCUT2D eigenvalue weighted by atomic mass is 16.7. The van der Waals surface area contributed by atoms with Crippen LogP contribution in [-0.2, 0) is 14.9 Å². The van der Waals surface area contributed by atoms with Crippen LogP contribution in [-0.4, -0.2) is 36.3 Å². The van der Waals surface area contributed by atoms with E-state index in [4.69, 9.17) is 14.2 Å². The summed E-state index contributed by atoms with van der Waals surface area (Å²) in [7, 11) is 0. The van der Waals surface area contributed by atoms with Gasteiger partial charge in [-0.3, -0.25) is 0 Å². The molecule has 2 atom stereocenters. The smallest absolute Gasteiger partial charge is 0.163 e. The third kappa shape index (κ3) is 6.40. The fraction of sp³-hybridized carbons (Fsp3) is 0.562. The van der Waals surface area contributed by atoms with Gasteiger partial charge in [-0.25, -0.2) is 0 Å². The van der Waals surface area contributed by atoms with Crippen molar-refractivity contribution in [3.05, 3.63) is 70.3 Å². The van der Waals surface area contributed by atoms with Gasteiger partial charge in [0.15, 0.2) is 5.79 Å². The summed E-state index contributed by atoms with van der Waals surface area (Å²) in [5.74, 6) is 0.354. The molecule has 1 N–H and O–H groups in total. The van der Waals surface area contributed by atoms with Crippen molar-refractivity contribution in [3.8, 4) is 5.75 Å². The quantitative estimate of drug-likeness (QED) is 0.396. The highest BCUT2D eigenvalue weighted by Crippen LogP contribution is 2.41.